The van der Waals surface area contributed by atoms with Gasteiger partial charge < -0.3 is 14.2 Å². The van der Waals surface area contributed by atoms with Gasteiger partial charge in [-0.1, -0.05) is 26.8 Å². The molecule has 0 aliphatic rings. The highest BCUT2D eigenvalue weighted by molar-refractivity contribution is 6.08. The average Bonchev–Trinajstić information content (AvgIpc) is 2.37. The van der Waals surface area contributed by atoms with Crippen molar-refractivity contribution in [1.82, 2.24) is 0 Å². The standard InChI is InChI=1S/C13H30O3Si/c1-4-9-14-13(8-7-12-17,15-10-5-2)16-11-6-3/h4-12H2,1-3,17H3. The lowest BCUT2D eigenvalue weighted by molar-refractivity contribution is -0.383. The van der Waals surface area contributed by atoms with Gasteiger partial charge in [-0.05, 0) is 25.7 Å². The van der Waals surface area contributed by atoms with Gasteiger partial charge in [0.05, 0.1) is 19.8 Å². The zero-order valence-corrected chi connectivity index (χ0v) is 14.1. The highest BCUT2D eigenvalue weighted by Gasteiger charge is 2.32. The second-order valence-electron chi connectivity index (χ2n) is 4.33. The minimum Gasteiger partial charge on any atom is -0.327 e. The molecule has 0 fully saturated rings. The van der Waals surface area contributed by atoms with E-state index in [0.717, 1.165) is 32.1 Å². The van der Waals surface area contributed by atoms with Crippen molar-refractivity contribution in [3.63, 3.8) is 0 Å². The Morgan fingerprint density at radius 1 is 0.824 bits per heavy atom. The Bertz CT molecular complexity index is 127. The van der Waals surface area contributed by atoms with Crippen LogP contribution in [0.2, 0.25) is 6.04 Å². The molecular formula is C13H30O3Si. The number of hydrogen-bond donors (Lipinski definition) is 0. The highest BCUT2D eigenvalue weighted by Crippen LogP contribution is 2.24. The van der Waals surface area contributed by atoms with Gasteiger partial charge in [0.25, 0.3) is 5.97 Å². The van der Waals surface area contributed by atoms with Crippen molar-refractivity contribution in [2.75, 3.05) is 19.8 Å². The van der Waals surface area contributed by atoms with Crippen LogP contribution in [0.25, 0.3) is 0 Å². The van der Waals surface area contributed by atoms with E-state index in [1.54, 1.807) is 0 Å². The molecule has 0 atom stereocenters. The van der Waals surface area contributed by atoms with Crippen LogP contribution in [0.3, 0.4) is 0 Å². The van der Waals surface area contributed by atoms with Crippen LogP contribution in [-0.4, -0.2) is 36.0 Å². The van der Waals surface area contributed by atoms with Crippen molar-refractivity contribution in [2.45, 2.75) is 64.9 Å². The SMILES string of the molecule is CCCOC(CCC[SiH3])(OCCC)OCCC. The Labute approximate surface area is 110 Å². The first-order valence-electron chi connectivity index (χ1n) is 7.16. The van der Waals surface area contributed by atoms with Crippen molar-refractivity contribution in [3.8, 4) is 0 Å². The molecule has 0 N–H and O–H groups in total. The molecule has 3 nitrogen and oxygen atoms in total. The normalized spacial score (nSPS) is 12.2. The molecule has 0 saturated carbocycles. The molecule has 17 heavy (non-hydrogen) atoms. The van der Waals surface area contributed by atoms with Crippen molar-refractivity contribution in [1.29, 1.82) is 0 Å². The van der Waals surface area contributed by atoms with E-state index >= 15 is 0 Å². The van der Waals surface area contributed by atoms with Gasteiger partial charge in [0.1, 0.15) is 0 Å². The summed E-state index contributed by atoms with van der Waals surface area (Å²) in [6.45, 7) is 8.43. The molecule has 0 bridgehead atoms. The van der Waals surface area contributed by atoms with E-state index < -0.39 is 5.97 Å². The van der Waals surface area contributed by atoms with Gasteiger partial charge in [-0.15, -0.1) is 0 Å². The predicted octanol–water partition coefficient (Wildman–Crippen LogP) is 2.48. The van der Waals surface area contributed by atoms with Crippen molar-refractivity contribution in [2.24, 2.45) is 0 Å². The van der Waals surface area contributed by atoms with Gasteiger partial charge in [0.2, 0.25) is 0 Å². The fraction of sp³-hybridized carbons (Fsp3) is 1.00. The molecule has 0 aliphatic heterocycles. The summed E-state index contributed by atoms with van der Waals surface area (Å²) < 4.78 is 17.6. The monoisotopic (exact) mass is 262 g/mol. The largest absolute Gasteiger partial charge is 0.327 e. The molecule has 0 spiro atoms. The van der Waals surface area contributed by atoms with Crippen LogP contribution in [-0.2, 0) is 14.2 Å². The van der Waals surface area contributed by atoms with Gasteiger partial charge in [-0.25, -0.2) is 0 Å². The maximum atomic E-state index is 5.86. The van der Waals surface area contributed by atoms with Gasteiger partial charge in [-0.2, -0.15) is 0 Å². The number of hydrogen-bond acceptors (Lipinski definition) is 3. The third-order valence-corrected chi connectivity index (χ3v) is 3.12. The first-order valence-corrected chi connectivity index (χ1v) is 8.57. The van der Waals surface area contributed by atoms with Crippen LogP contribution in [0.1, 0.15) is 52.9 Å². The van der Waals surface area contributed by atoms with Gasteiger partial charge in [-0.3, -0.25) is 0 Å². The molecular weight excluding hydrogens is 232 g/mol. The Balaban J connectivity index is 4.39. The fourth-order valence-electron chi connectivity index (χ4n) is 1.51. The van der Waals surface area contributed by atoms with E-state index in [2.05, 4.69) is 20.8 Å². The summed E-state index contributed by atoms with van der Waals surface area (Å²) in [4.78, 5) is 0. The van der Waals surface area contributed by atoms with Crippen LogP contribution in [0.5, 0.6) is 0 Å². The molecule has 4 heteroatoms. The first kappa shape index (κ1) is 17.1. The molecule has 0 radical (unpaired) electrons. The van der Waals surface area contributed by atoms with E-state index in [1.165, 1.54) is 16.3 Å². The minimum atomic E-state index is -0.771. The molecule has 0 aromatic carbocycles. The summed E-state index contributed by atoms with van der Waals surface area (Å²) in [5.41, 5.74) is 0. The highest BCUT2D eigenvalue weighted by atomic mass is 28.1. The second-order valence-corrected chi connectivity index (χ2v) is 5.33. The van der Waals surface area contributed by atoms with E-state index in [9.17, 15) is 0 Å². The molecule has 0 amide bonds. The van der Waals surface area contributed by atoms with Crippen LogP contribution in [0, 0.1) is 0 Å². The zero-order valence-electron chi connectivity index (χ0n) is 12.1. The Kier molecular flexibility index (Phi) is 11.3. The van der Waals surface area contributed by atoms with Gasteiger partial charge in [0, 0.05) is 16.7 Å². The quantitative estimate of drug-likeness (QED) is 0.399. The molecule has 104 valence electrons. The van der Waals surface area contributed by atoms with Crippen LogP contribution >= 0.6 is 0 Å². The lowest BCUT2D eigenvalue weighted by Gasteiger charge is -2.33. The zero-order chi connectivity index (χ0) is 13.0. The number of ether oxygens (including phenoxy) is 3. The Morgan fingerprint density at radius 2 is 1.24 bits per heavy atom. The summed E-state index contributed by atoms with van der Waals surface area (Å²) >= 11 is 0. The summed E-state index contributed by atoms with van der Waals surface area (Å²) in [7, 11) is 1.23. The predicted molar refractivity (Wildman–Crippen MR) is 75.4 cm³/mol. The lowest BCUT2D eigenvalue weighted by atomic mass is 10.3. The van der Waals surface area contributed by atoms with Crippen LogP contribution in [0.4, 0.5) is 0 Å². The van der Waals surface area contributed by atoms with E-state index in [-0.39, 0.29) is 0 Å². The fourth-order valence-corrected chi connectivity index (χ4v) is 1.86. The molecule has 0 aromatic rings. The topological polar surface area (TPSA) is 27.7 Å². The molecule has 0 saturated heterocycles. The van der Waals surface area contributed by atoms with E-state index in [4.69, 9.17) is 14.2 Å². The van der Waals surface area contributed by atoms with Crippen LogP contribution in [0.15, 0.2) is 0 Å². The van der Waals surface area contributed by atoms with Gasteiger partial charge in [0.15, 0.2) is 0 Å². The summed E-state index contributed by atoms with van der Waals surface area (Å²) in [5, 5.41) is 0. The summed E-state index contributed by atoms with van der Waals surface area (Å²) in [5.74, 6) is -0.771. The first-order chi connectivity index (χ1) is 8.24. The molecule has 0 rings (SSSR count). The third kappa shape index (κ3) is 7.92. The number of rotatable bonds is 12. The summed E-state index contributed by atoms with van der Waals surface area (Å²) in [6.07, 6.45) is 4.97. The van der Waals surface area contributed by atoms with E-state index in [0.29, 0.717) is 19.8 Å². The second kappa shape index (κ2) is 11.2. The van der Waals surface area contributed by atoms with Gasteiger partial charge >= 0.3 is 0 Å². The Hall–Kier alpha value is 0.0969. The van der Waals surface area contributed by atoms with Crippen molar-refractivity contribution < 1.29 is 14.2 Å². The molecule has 0 aliphatic carbocycles. The minimum absolute atomic E-state index is 0.703. The van der Waals surface area contributed by atoms with Crippen molar-refractivity contribution >= 4 is 10.2 Å². The van der Waals surface area contributed by atoms with Crippen molar-refractivity contribution in [3.05, 3.63) is 0 Å². The van der Waals surface area contributed by atoms with Crippen LogP contribution < -0.4 is 0 Å². The Morgan fingerprint density at radius 3 is 1.53 bits per heavy atom. The maximum Gasteiger partial charge on any atom is 0.282 e. The molecule has 0 heterocycles. The maximum absolute atomic E-state index is 5.86. The smallest absolute Gasteiger partial charge is 0.282 e. The molecule has 0 unspecified atom stereocenters. The summed E-state index contributed by atoms with van der Waals surface area (Å²) in [6, 6.07) is 1.27. The average molecular weight is 262 g/mol. The third-order valence-electron chi connectivity index (χ3n) is 2.41. The lowest BCUT2D eigenvalue weighted by Crippen LogP contribution is -2.40. The van der Waals surface area contributed by atoms with E-state index in [1.807, 2.05) is 0 Å². The molecule has 0 aromatic heterocycles.